The van der Waals surface area contributed by atoms with Gasteiger partial charge in [-0.3, -0.25) is 9.59 Å². The number of rotatable bonds is 1. The van der Waals surface area contributed by atoms with Gasteiger partial charge in [0.2, 0.25) is 11.8 Å². The standard InChI is InChI=1S/C14H23N3O2/c18-13-9-17(12-6-2-1-5-11(12)16-13)14(19)10-4-3-7-15-8-10/h10-12,15H,1-9H2,(H,16,18). The minimum absolute atomic E-state index is 0.0141. The Morgan fingerprint density at radius 3 is 2.79 bits per heavy atom. The maximum absolute atomic E-state index is 12.7. The second-order valence-corrected chi connectivity index (χ2v) is 6.04. The van der Waals surface area contributed by atoms with Crippen LogP contribution in [0, 0.1) is 5.92 Å². The van der Waals surface area contributed by atoms with Crippen molar-refractivity contribution < 1.29 is 9.59 Å². The van der Waals surface area contributed by atoms with E-state index in [1.165, 1.54) is 6.42 Å². The number of hydrogen-bond acceptors (Lipinski definition) is 3. The molecule has 5 heteroatoms. The molecule has 2 aliphatic heterocycles. The van der Waals surface area contributed by atoms with E-state index >= 15 is 0 Å². The van der Waals surface area contributed by atoms with E-state index in [1.807, 2.05) is 4.90 Å². The van der Waals surface area contributed by atoms with Crippen molar-refractivity contribution in [1.29, 1.82) is 0 Å². The molecule has 3 atom stereocenters. The van der Waals surface area contributed by atoms with Gasteiger partial charge in [0.1, 0.15) is 0 Å². The lowest BCUT2D eigenvalue weighted by Gasteiger charge is -2.45. The quantitative estimate of drug-likeness (QED) is 0.715. The van der Waals surface area contributed by atoms with Gasteiger partial charge >= 0.3 is 0 Å². The van der Waals surface area contributed by atoms with Gasteiger partial charge in [-0.15, -0.1) is 0 Å². The van der Waals surface area contributed by atoms with Crippen LogP contribution in [0.3, 0.4) is 0 Å². The molecule has 3 fully saturated rings. The van der Waals surface area contributed by atoms with Crippen molar-refractivity contribution in [2.24, 2.45) is 5.92 Å². The maximum atomic E-state index is 12.7. The number of carbonyl (C=O) groups is 2. The number of amides is 2. The molecular formula is C14H23N3O2. The van der Waals surface area contributed by atoms with Crippen LogP contribution in [0.4, 0.5) is 0 Å². The van der Waals surface area contributed by atoms with Crippen LogP contribution in [-0.2, 0) is 9.59 Å². The van der Waals surface area contributed by atoms with Gasteiger partial charge in [-0.25, -0.2) is 0 Å². The number of carbonyl (C=O) groups excluding carboxylic acids is 2. The van der Waals surface area contributed by atoms with E-state index in [0.29, 0.717) is 0 Å². The first kappa shape index (κ1) is 12.9. The summed E-state index contributed by atoms with van der Waals surface area (Å²) in [6.07, 6.45) is 6.41. The Hall–Kier alpha value is -1.10. The molecule has 2 saturated heterocycles. The van der Waals surface area contributed by atoms with Gasteiger partial charge in [0.05, 0.1) is 18.5 Å². The zero-order valence-corrected chi connectivity index (χ0v) is 11.4. The molecule has 1 saturated carbocycles. The Morgan fingerprint density at radius 1 is 1.16 bits per heavy atom. The molecule has 0 bridgehead atoms. The highest BCUT2D eigenvalue weighted by molar-refractivity contribution is 5.88. The molecule has 5 nitrogen and oxygen atoms in total. The van der Waals surface area contributed by atoms with E-state index in [-0.39, 0.29) is 36.4 Å². The van der Waals surface area contributed by atoms with Gasteiger partial charge in [0.15, 0.2) is 0 Å². The third-order valence-corrected chi connectivity index (χ3v) is 4.72. The molecule has 3 rings (SSSR count). The molecule has 0 spiro atoms. The fourth-order valence-electron chi connectivity index (χ4n) is 3.72. The number of hydrogen-bond donors (Lipinski definition) is 2. The van der Waals surface area contributed by atoms with Crippen LogP contribution >= 0.6 is 0 Å². The Kier molecular flexibility index (Phi) is 3.73. The van der Waals surface area contributed by atoms with E-state index < -0.39 is 0 Å². The smallest absolute Gasteiger partial charge is 0.239 e. The summed E-state index contributed by atoms with van der Waals surface area (Å²) < 4.78 is 0. The predicted molar refractivity (Wildman–Crippen MR) is 71.5 cm³/mol. The minimum atomic E-state index is 0.0141. The van der Waals surface area contributed by atoms with Crippen molar-refractivity contribution in [3.8, 4) is 0 Å². The fourth-order valence-corrected chi connectivity index (χ4v) is 3.72. The summed E-state index contributed by atoms with van der Waals surface area (Å²) in [5, 5.41) is 6.35. The number of piperidine rings is 1. The molecule has 19 heavy (non-hydrogen) atoms. The number of piperazine rings is 1. The normalized spacial score (nSPS) is 35.5. The Bertz CT molecular complexity index is 366. The van der Waals surface area contributed by atoms with E-state index in [9.17, 15) is 9.59 Å². The van der Waals surface area contributed by atoms with Gasteiger partial charge in [-0.1, -0.05) is 12.8 Å². The lowest BCUT2D eigenvalue weighted by atomic mass is 9.86. The van der Waals surface area contributed by atoms with Crippen LogP contribution in [0.15, 0.2) is 0 Å². The summed E-state index contributed by atoms with van der Waals surface area (Å²) in [5.74, 6) is 0.279. The lowest BCUT2D eigenvalue weighted by molar-refractivity contribution is -0.147. The van der Waals surface area contributed by atoms with Gasteiger partial charge < -0.3 is 15.5 Å². The Morgan fingerprint density at radius 2 is 2.00 bits per heavy atom. The van der Waals surface area contributed by atoms with Gasteiger partial charge in [-0.2, -0.15) is 0 Å². The second-order valence-electron chi connectivity index (χ2n) is 6.04. The summed E-state index contributed by atoms with van der Waals surface area (Å²) in [4.78, 5) is 26.3. The lowest BCUT2D eigenvalue weighted by Crippen LogP contribution is -2.64. The molecular weight excluding hydrogens is 242 g/mol. The molecule has 0 aromatic rings. The first-order valence-electron chi connectivity index (χ1n) is 7.56. The molecule has 106 valence electrons. The van der Waals surface area contributed by atoms with E-state index in [0.717, 1.165) is 45.2 Å². The maximum Gasteiger partial charge on any atom is 0.239 e. The minimum Gasteiger partial charge on any atom is -0.350 e. The van der Waals surface area contributed by atoms with Crippen LogP contribution in [0.1, 0.15) is 38.5 Å². The molecule has 0 radical (unpaired) electrons. The highest BCUT2D eigenvalue weighted by Crippen LogP contribution is 2.27. The molecule has 1 aliphatic carbocycles. The van der Waals surface area contributed by atoms with Crippen molar-refractivity contribution in [1.82, 2.24) is 15.5 Å². The average Bonchev–Trinajstić information content (AvgIpc) is 2.46. The highest BCUT2D eigenvalue weighted by Gasteiger charge is 2.40. The monoisotopic (exact) mass is 265 g/mol. The molecule has 0 aromatic heterocycles. The van der Waals surface area contributed by atoms with Crippen LogP contribution in [0.25, 0.3) is 0 Å². The average molecular weight is 265 g/mol. The molecule has 2 N–H and O–H groups in total. The van der Waals surface area contributed by atoms with Gasteiger partial charge in [-0.05, 0) is 32.2 Å². The topological polar surface area (TPSA) is 61.4 Å². The number of nitrogens with one attached hydrogen (secondary N) is 2. The van der Waals surface area contributed by atoms with Crippen molar-refractivity contribution >= 4 is 11.8 Å². The highest BCUT2D eigenvalue weighted by atomic mass is 16.2. The Labute approximate surface area is 114 Å². The SMILES string of the molecule is O=C1CN(C(=O)C2CCCNC2)C2CCCCC2N1. The van der Waals surface area contributed by atoms with Crippen LogP contribution in [0.2, 0.25) is 0 Å². The molecule has 3 aliphatic rings. The summed E-state index contributed by atoms with van der Waals surface area (Å²) in [5.41, 5.74) is 0. The van der Waals surface area contributed by atoms with Gasteiger partial charge in [0.25, 0.3) is 0 Å². The zero-order chi connectivity index (χ0) is 13.2. The Balaban J connectivity index is 1.72. The van der Waals surface area contributed by atoms with E-state index in [4.69, 9.17) is 0 Å². The van der Waals surface area contributed by atoms with Crippen LogP contribution in [0.5, 0.6) is 0 Å². The summed E-state index contributed by atoms with van der Waals surface area (Å²) in [6, 6.07) is 0.427. The largest absolute Gasteiger partial charge is 0.350 e. The molecule has 0 aromatic carbocycles. The number of nitrogens with zero attached hydrogens (tertiary/aromatic N) is 1. The molecule has 2 amide bonds. The zero-order valence-electron chi connectivity index (χ0n) is 11.4. The second kappa shape index (κ2) is 5.49. The van der Waals surface area contributed by atoms with Crippen LogP contribution in [-0.4, -0.2) is 48.4 Å². The van der Waals surface area contributed by atoms with Gasteiger partial charge in [0, 0.05) is 12.6 Å². The fraction of sp³-hybridized carbons (Fsp3) is 0.857. The van der Waals surface area contributed by atoms with E-state index in [2.05, 4.69) is 10.6 Å². The first-order valence-corrected chi connectivity index (χ1v) is 7.56. The van der Waals surface area contributed by atoms with Crippen LogP contribution < -0.4 is 10.6 Å². The van der Waals surface area contributed by atoms with Crippen molar-refractivity contribution in [3.05, 3.63) is 0 Å². The summed E-state index contributed by atoms with van der Waals surface area (Å²) >= 11 is 0. The summed E-state index contributed by atoms with van der Waals surface area (Å²) in [7, 11) is 0. The summed E-state index contributed by atoms with van der Waals surface area (Å²) in [6.45, 7) is 2.04. The predicted octanol–water partition coefficient (Wildman–Crippen LogP) is 0.256. The van der Waals surface area contributed by atoms with Crippen molar-refractivity contribution in [2.75, 3.05) is 19.6 Å². The first-order chi connectivity index (χ1) is 9.25. The van der Waals surface area contributed by atoms with Crippen molar-refractivity contribution in [3.63, 3.8) is 0 Å². The van der Waals surface area contributed by atoms with Crippen molar-refractivity contribution in [2.45, 2.75) is 50.6 Å². The third-order valence-electron chi connectivity index (χ3n) is 4.72. The molecule has 3 unspecified atom stereocenters. The number of fused-ring (bicyclic) bond motifs is 1. The third kappa shape index (κ3) is 2.61. The van der Waals surface area contributed by atoms with E-state index in [1.54, 1.807) is 0 Å². The molecule has 2 heterocycles.